The highest BCUT2D eigenvalue weighted by molar-refractivity contribution is 7.91. The fourth-order valence-corrected chi connectivity index (χ4v) is 2.71. The van der Waals surface area contributed by atoms with E-state index in [0.717, 1.165) is 5.56 Å². The first-order valence-corrected chi connectivity index (χ1v) is 7.30. The van der Waals surface area contributed by atoms with E-state index in [4.69, 9.17) is 4.78 Å². The summed E-state index contributed by atoms with van der Waals surface area (Å²) < 4.78 is 18.9. The Morgan fingerprint density at radius 1 is 1.20 bits per heavy atom. The first-order chi connectivity index (χ1) is 7.07. The van der Waals surface area contributed by atoms with Gasteiger partial charge in [0.25, 0.3) is 0 Å². The number of hydrogen-bond acceptors (Lipinski definition) is 3. The quantitative estimate of drug-likeness (QED) is 0.854. The molecule has 0 amide bonds. The fraction of sp³-hybridized carbons (Fsp3) is 0.0909. The molecule has 78 valence electrons. The van der Waals surface area contributed by atoms with Crippen molar-refractivity contribution in [1.82, 2.24) is 0 Å². The van der Waals surface area contributed by atoms with E-state index in [1.165, 1.54) is 11.1 Å². The van der Waals surface area contributed by atoms with Gasteiger partial charge in [0.15, 0.2) is 0 Å². The van der Waals surface area contributed by atoms with Crippen molar-refractivity contribution in [1.29, 1.82) is 4.78 Å². The molecule has 0 fully saturated rings. The molecule has 0 aliphatic rings. The average Bonchev–Trinajstić information content (AvgIpc) is 2.69. The normalized spacial score (nSPS) is 14.7. The Morgan fingerprint density at radius 2 is 1.87 bits per heavy atom. The third kappa shape index (κ3) is 2.27. The molecule has 0 aliphatic heterocycles. The van der Waals surface area contributed by atoms with Gasteiger partial charge in [-0.25, -0.2) is 8.99 Å². The Kier molecular flexibility index (Phi) is 2.63. The van der Waals surface area contributed by atoms with Crippen molar-refractivity contribution in [2.45, 2.75) is 4.90 Å². The summed E-state index contributed by atoms with van der Waals surface area (Å²) in [7, 11) is -2.58. The Morgan fingerprint density at radius 3 is 2.33 bits per heavy atom. The van der Waals surface area contributed by atoms with Crippen LogP contribution < -0.4 is 0 Å². The van der Waals surface area contributed by atoms with Gasteiger partial charge in [-0.15, -0.1) is 11.3 Å². The van der Waals surface area contributed by atoms with Crippen LogP contribution in [0.4, 0.5) is 0 Å². The van der Waals surface area contributed by atoms with E-state index in [1.54, 1.807) is 23.5 Å². The highest BCUT2D eigenvalue weighted by atomic mass is 32.2. The highest BCUT2D eigenvalue weighted by Crippen LogP contribution is 2.25. The van der Waals surface area contributed by atoms with Gasteiger partial charge < -0.3 is 0 Å². The molecule has 1 aromatic heterocycles. The second-order valence-electron chi connectivity index (χ2n) is 3.35. The van der Waals surface area contributed by atoms with Crippen molar-refractivity contribution in [2.24, 2.45) is 0 Å². The highest BCUT2D eigenvalue weighted by Gasteiger charge is 2.03. The summed E-state index contributed by atoms with van der Waals surface area (Å²) in [6.45, 7) is 0. The van der Waals surface area contributed by atoms with Crippen LogP contribution in [0, 0.1) is 4.78 Å². The maximum Gasteiger partial charge on any atom is 0.0696 e. The predicted molar refractivity (Wildman–Crippen MR) is 64.8 cm³/mol. The fourth-order valence-electron chi connectivity index (χ4n) is 1.32. The number of thiophene rings is 1. The molecule has 0 radical (unpaired) electrons. The lowest BCUT2D eigenvalue weighted by atomic mass is 10.2. The summed E-state index contributed by atoms with van der Waals surface area (Å²) in [5.74, 6) is 0. The van der Waals surface area contributed by atoms with Crippen molar-refractivity contribution in [3.63, 3.8) is 0 Å². The average molecular weight is 237 g/mol. The van der Waals surface area contributed by atoms with Crippen LogP contribution in [0.25, 0.3) is 10.4 Å². The van der Waals surface area contributed by atoms with Crippen molar-refractivity contribution in [3.05, 3.63) is 41.8 Å². The van der Waals surface area contributed by atoms with E-state index in [-0.39, 0.29) is 0 Å². The van der Waals surface area contributed by atoms with Crippen LogP contribution in [0.15, 0.2) is 46.7 Å². The summed E-state index contributed by atoms with van der Waals surface area (Å²) in [5.41, 5.74) is 1.11. The Bertz CT molecular complexity index is 539. The molecule has 0 saturated carbocycles. The second-order valence-corrected chi connectivity index (χ2v) is 6.45. The van der Waals surface area contributed by atoms with Gasteiger partial charge in [-0.1, -0.05) is 18.2 Å². The zero-order valence-electron chi connectivity index (χ0n) is 8.27. The molecular weight excluding hydrogens is 226 g/mol. The molecule has 0 spiro atoms. The lowest BCUT2D eigenvalue weighted by Crippen LogP contribution is -1.93. The van der Waals surface area contributed by atoms with Gasteiger partial charge in [-0.3, -0.25) is 0 Å². The molecule has 0 aliphatic carbocycles. The van der Waals surface area contributed by atoms with E-state index in [0.29, 0.717) is 4.90 Å². The Balaban J connectivity index is 2.42. The molecule has 1 unspecified atom stereocenters. The minimum Gasteiger partial charge on any atom is -0.249 e. The zero-order valence-corrected chi connectivity index (χ0v) is 9.90. The molecule has 2 rings (SSSR count). The van der Waals surface area contributed by atoms with E-state index in [9.17, 15) is 4.21 Å². The van der Waals surface area contributed by atoms with E-state index >= 15 is 0 Å². The van der Waals surface area contributed by atoms with Gasteiger partial charge in [-0.2, -0.15) is 0 Å². The number of nitrogens with one attached hydrogen (secondary N) is 1. The third-order valence-corrected chi connectivity index (χ3v) is 4.20. The molecule has 1 heterocycles. The molecule has 4 heteroatoms. The summed E-state index contributed by atoms with van der Waals surface area (Å²) in [6, 6.07) is 11.4. The van der Waals surface area contributed by atoms with Crippen LogP contribution in [0.1, 0.15) is 0 Å². The number of hydrogen-bond donors (Lipinski definition) is 1. The third-order valence-electron chi connectivity index (χ3n) is 2.11. The lowest BCUT2D eigenvalue weighted by Gasteiger charge is -2.02. The topological polar surface area (TPSA) is 40.9 Å². The summed E-state index contributed by atoms with van der Waals surface area (Å²) in [4.78, 5) is 1.77. The molecule has 1 N–H and O–H groups in total. The molecule has 0 bridgehead atoms. The number of benzene rings is 1. The Labute approximate surface area is 93.6 Å². The SMILES string of the molecule is CS(=N)(=O)c1ccc(-c2cccs2)cc1. The molecule has 2 aromatic rings. The molecule has 2 nitrogen and oxygen atoms in total. The first kappa shape index (κ1) is 10.4. The van der Waals surface area contributed by atoms with Crippen LogP contribution in [-0.4, -0.2) is 10.5 Å². The minimum atomic E-state index is -2.58. The van der Waals surface area contributed by atoms with E-state index in [1.807, 2.05) is 29.6 Å². The molecule has 1 aromatic carbocycles. The predicted octanol–water partition coefficient (Wildman–Crippen LogP) is 3.45. The lowest BCUT2D eigenvalue weighted by molar-refractivity contribution is 0.679. The second kappa shape index (κ2) is 3.79. The Hall–Kier alpha value is -1.13. The van der Waals surface area contributed by atoms with E-state index in [2.05, 4.69) is 0 Å². The zero-order chi connectivity index (χ0) is 10.9. The number of rotatable bonds is 2. The van der Waals surface area contributed by atoms with Crippen LogP contribution >= 0.6 is 11.3 Å². The van der Waals surface area contributed by atoms with Crippen molar-refractivity contribution >= 4 is 21.1 Å². The molecular formula is C11H11NOS2. The summed E-state index contributed by atoms with van der Waals surface area (Å²) in [6.07, 6.45) is 1.44. The molecule has 1 atom stereocenters. The van der Waals surface area contributed by atoms with Gasteiger partial charge in [-0.05, 0) is 29.1 Å². The standard InChI is InChI=1S/C11H11NOS2/c1-15(12,13)10-6-4-9(5-7-10)11-3-2-8-14-11/h2-8,12H,1H3. The van der Waals surface area contributed by atoms with Gasteiger partial charge >= 0.3 is 0 Å². The van der Waals surface area contributed by atoms with Crippen molar-refractivity contribution in [3.8, 4) is 10.4 Å². The minimum absolute atomic E-state index is 0.586. The van der Waals surface area contributed by atoms with Gasteiger partial charge in [0.2, 0.25) is 0 Å². The molecule has 15 heavy (non-hydrogen) atoms. The van der Waals surface area contributed by atoms with Gasteiger partial charge in [0.05, 0.1) is 9.73 Å². The van der Waals surface area contributed by atoms with Crippen molar-refractivity contribution in [2.75, 3.05) is 6.26 Å². The molecule has 0 saturated heterocycles. The monoisotopic (exact) mass is 237 g/mol. The van der Waals surface area contributed by atoms with Gasteiger partial charge in [0.1, 0.15) is 0 Å². The maximum absolute atomic E-state index is 11.5. The first-order valence-electron chi connectivity index (χ1n) is 4.45. The maximum atomic E-state index is 11.5. The largest absolute Gasteiger partial charge is 0.249 e. The van der Waals surface area contributed by atoms with Crippen LogP contribution in [0.5, 0.6) is 0 Å². The van der Waals surface area contributed by atoms with Crippen LogP contribution in [0.3, 0.4) is 0 Å². The van der Waals surface area contributed by atoms with Crippen molar-refractivity contribution < 1.29 is 4.21 Å². The van der Waals surface area contributed by atoms with Crippen LogP contribution in [-0.2, 0) is 9.73 Å². The summed E-state index contributed by atoms with van der Waals surface area (Å²) in [5, 5.41) is 2.02. The van der Waals surface area contributed by atoms with Crippen LogP contribution in [0.2, 0.25) is 0 Å². The van der Waals surface area contributed by atoms with E-state index < -0.39 is 9.73 Å². The summed E-state index contributed by atoms with van der Waals surface area (Å²) >= 11 is 1.67. The smallest absolute Gasteiger partial charge is 0.0696 e. The van der Waals surface area contributed by atoms with Gasteiger partial charge in [0, 0.05) is 16.0 Å².